The first-order valence-electron chi connectivity index (χ1n) is 11.2. The number of anilines is 2. The maximum absolute atomic E-state index is 11.3. The lowest BCUT2D eigenvalue weighted by Crippen LogP contribution is -2.40. The van der Waals surface area contributed by atoms with Gasteiger partial charge in [-0.25, -0.2) is 9.78 Å². The van der Waals surface area contributed by atoms with Crippen LogP contribution in [-0.2, 0) is 4.79 Å². The van der Waals surface area contributed by atoms with Crippen molar-refractivity contribution in [3.63, 3.8) is 0 Å². The average Bonchev–Trinajstić information content (AvgIpc) is 2.77. The Balaban J connectivity index is 1.68. The summed E-state index contributed by atoms with van der Waals surface area (Å²) in [4.78, 5) is 34.7. The summed E-state index contributed by atoms with van der Waals surface area (Å²) in [5, 5.41) is 9.93. The number of nitrogens with two attached hydrogens (primary N) is 2. The first-order valence-corrected chi connectivity index (χ1v) is 11.2. The van der Waals surface area contributed by atoms with E-state index in [9.17, 15) is 14.7 Å². The lowest BCUT2D eigenvalue weighted by molar-refractivity contribution is -0.118. The molecule has 11 nitrogen and oxygen atoms in total. The summed E-state index contributed by atoms with van der Waals surface area (Å²) in [7, 11) is 0. The number of carboxylic acid groups (broad SMARTS) is 1. The molecule has 33 heavy (non-hydrogen) atoms. The van der Waals surface area contributed by atoms with E-state index in [-0.39, 0.29) is 13.1 Å². The topological polar surface area (TPSA) is 157 Å². The number of benzene rings is 1. The van der Waals surface area contributed by atoms with Crippen molar-refractivity contribution in [2.45, 2.75) is 33.1 Å². The Bertz CT molecular complexity index is 993. The maximum atomic E-state index is 11.3. The van der Waals surface area contributed by atoms with Crippen molar-refractivity contribution in [2.75, 3.05) is 50.0 Å². The predicted molar refractivity (Wildman–Crippen MR) is 125 cm³/mol. The molecule has 0 spiro atoms. The molecule has 2 amide bonds. The van der Waals surface area contributed by atoms with Gasteiger partial charge in [0, 0.05) is 31.1 Å². The predicted octanol–water partition coefficient (Wildman–Crippen LogP) is 2.08. The third kappa shape index (κ3) is 6.05. The molecule has 1 aliphatic rings. The molecule has 0 radical (unpaired) electrons. The minimum absolute atomic E-state index is 0.282. The fraction of sp³-hybridized carbons (Fsp3) is 0.545. The van der Waals surface area contributed by atoms with Gasteiger partial charge in [0.1, 0.15) is 12.4 Å². The number of ether oxygens (including phenoxy) is 2. The van der Waals surface area contributed by atoms with Gasteiger partial charge in [0.2, 0.25) is 11.9 Å². The van der Waals surface area contributed by atoms with Crippen LogP contribution in [0, 0.1) is 5.92 Å². The number of hydrogen-bond acceptors (Lipinski definition) is 8. The third-order valence-corrected chi connectivity index (χ3v) is 5.70. The first kappa shape index (κ1) is 24.1. The summed E-state index contributed by atoms with van der Waals surface area (Å²) in [6.07, 6.45) is 1.26. The van der Waals surface area contributed by atoms with E-state index in [0.717, 1.165) is 30.8 Å². The van der Waals surface area contributed by atoms with Gasteiger partial charge in [-0.15, -0.1) is 0 Å². The van der Waals surface area contributed by atoms with Gasteiger partial charge in [-0.1, -0.05) is 0 Å². The van der Waals surface area contributed by atoms with Gasteiger partial charge in [-0.05, 0) is 45.1 Å². The molecule has 0 bridgehead atoms. The monoisotopic (exact) mass is 460 g/mol. The van der Waals surface area contributed by atoms with Crippen LogP contribution >= 0.6 is 0 Å². The molecule has 2 aromatic rings. The molecular weight excluding hydrogens is 428 g/mol. The number of rotatable bonds is 10. The summed E-state index contributed by atoms with van der Waals surface area (Å²) in [6, 6.07) is 3.65. The second-order valence-corrected chi connectivity index (χ2v) is 7.98. The smallest absolute Gasteiger partial charge is 0.407 e. The minimum atomic E-state index is -1.13. The van der Waals surface area contributed by atoms with E-state index in [1.807, 2.05) is 26.0 Å². The standard InChI is InChI=1S/C22H32N6O5/c1-3-32-17-11-15-16(12-18(17)33-4-2)25-21(26-20(15)24)27-8-5-14(6-9-27)7-10-28(22(30)31)13-19(23)29/h11-12,14H,3-10,13H2,1-2H3,(H2,23,29)(H,30,31)(H2,24,25,26). The van der Waals surface area contributed by atoms with E-state index in [4.69, 9.17) is 25.9 Å². The molecular formula is C22H32N6O5. The highest BCUT2D eigenvalue weighted by Crippen LogP contribution is 2.35. The van der Waals surface area contributed by atoms with Crippen LogP contribution in [0.1, 0.15) is 33.1 Å². The number of nitrogens with zero attached hydrogens (tertiary/aromatic N) is 4. The number of carbonyl (C=O) groups is 2. The van der Waals surface area contributed by atoms with Crippen LogP contribution in [0.5, 0.6) is 11.5 Å². The Labute approximate surface area is 192 Å². The van der Waals surface area contributed by atoms with Crippen LogP contribution in [0.15, 0.2) is 12.1 Å². The molecule has 1 aromatic carbocycles. The van der Waals surface area contributed by atoms with E-state index in [0.29, 0.717) is 59.7 Å². The third-order valence-electron chi connectivity index (χ3n) is 5.70. The van der Waals surface area contributed by atoms with Crippen molar-refractivity contribution >= 4 is 34.7 Å². The maximum Gasteiger partial charge on any atom is 0.407 e. The zero-order valence-electron chi connectivity index (χ0n) is 19.1. The Kier molecular flexibility index (Phi) is 7.96. The van der Waals surface area contributed by atoms with Gasteiger partial charge >= 0.3 is 6.09 Å². The number of fused-ring (bicyclic) bond motifs is 1. The van der Waals surface area contributed by atoms with Gasteiger partial charge in [-0.2, -0.15) is 4.98 Å². The van der Waals surface area contributed by atoms with E-state index in [1.54, 1.807) is 0 Å². The van der Waals surface area contributed by atoms with Crippen molar-refractivity contribution in [2.24, 2.45) is 11.7 Å². The molecule has 1 saturated heterocycles. The van der Waals surface area contributed by atoms with E-state index in [1.165, 1.54) is 0 Å². The van der Waals surface area contributed by atoms with Crippen molar-refractivity contribution in [3.8, 4) is 11.5 Å². The number of amides is 2. The normalized spacial score (nSPS) is 14.3. The molecule has 1 fully saturated rings. The van der Waals surface area contributed by atoms with Crippen molar-refractivity contribution in [1.82, 2.24) is 14.9 Å². The molecule has 0 saturated carbocycles. The van der Waals surface area contributed by atoms with Crippen LogP contribution in [0.2, 0.25) is 0 Å². The molecule has 180 valence electrons. The first-order chi connectivity index (χ1) is 15.8. The highest BCUT2D eigenvalue weighted by molar-refractivity contribution is 5.91. The molecule has 0 atom stereocenters. The molecule has 0 unspecified atom stereocenters. The zero-order valence-corrected chi connectivity index (χ0v) is 19.1. The fourth-order valence-corrected chi connectivity index (χ4v) is 4.02. The highest BCUT2D eigenvalue weighted by atomic mass is 16.5. The summed E-state index contributed by atoms with van der Waals surface area (Å²) in [5.74, 6) is 1.86. The second kappa shape index (κ2) is 10.9. The van der Waals surface area contributed by atoms with Gasteiger partial charge < -0.3 is 30.9 Å². The summed E-state index contributed by atoms with van der Waals surface area (Å²) in [6.45, 7) is 6.29. The van der Waals surface area contributed by atoms with Gasteiger partial charge in [-0.3, -0.25) is 9.69 Å². The van der Waals surface area contributed by atoms with Gasteiger partial charge in [0.25, 0.3) is 0 Å². The number of carbonyl (C=O) groups excluding carboxylic acids is 1. The Morgan fingerprint density at radius 1 is 1.15 bits per heavy atom. The summed E-state index contributed by atoms with van der Waals surface area (Å²) < 4.78 is 11.4. The molecule has 3 rings (SSSR count). The van der Waals surface area contributed by atoms with Crippen molar-refractivity contribution < 1.29 is 24.2 Å². The quantitative estimate of drug-likeness (QED) is 0.483. The minimum Gasteiger partial charge on any atom is -0.490 e. The number of aromatic nitrogens is 2. The van der Waals surface area contributed by atoms with Crippen molar-refractivity contribution in [1.29, 1.82) is 0 Å². The Morgan fingerprint density at radius 3 is 2.36 bits per heavy atom. The lowest BCUT2D eigenvalue weighted by atomic mass is 9.93. The lowest BCUT2D eigenvalue weighted by Gasteiger charge is -2.33. The Morgan fingerprint density at radius 2 is 1.79 bits per heavy atom. The molecule has 2 heterocycles. The van der Waals surface area contributed by atoms with Crippen molar-refractivity contribution in [3.05, 3.63) is 12.1 Å². The number of primary amides is 1. The van der Waals surface area contributed by atoms with Crippen LogP contribution in [-0.4, -0.2) is 71.4 Å². The van der Waals surface area contributed by atoms with Crippen LogP contribution in [0.25, 0.3) is 10.9 Å². The highest BCUT2D eigenvalue weighted by Gasteiger charge is 2.24. The van der Waals surface area contributed by atoms with E-state index < -0.39 is 12.0 Å². The largest absolute Gasteiger partial charge is 0.490 e. The molecule has 0 aliphatic carbocycles. The average molecular weight is 461 g/mol. The van der Waals surface area contributed by atoms with Crippen LogP contribution < -0.4 is 25.8 Å². The summed E-state index contributed by atoms with van der Waals surface area (Å²) >= 11 is 0. The summed E-state index contributed by atoms with van der Waals surface area (Å²) in [5.41, 5.74) is 12.1. The van der Waals surface area contributed by atoms with Crippen LogP contribution in [0.3, 0.4) is 0 Å². The molecule has 5 N–H and O–H groups in total. The SMILES string of the molecule is CCOc1cc2nc(N3CCC(CCN(CC(N)=O)C(=O)O)CC3)nc(N)c2cc1OCC. The number of piperidine rings is 1. The van der Waals surface area contributed by atoms with E-state index in [2.05, 4.69) is 9.88 Å². The number of nitrogen functional groups attached to an aromatic ring is 1. The van der Waals surface area contributed by atoms with Crippen LogP contribution in [0.4, 0.5) is 16.6 Å². The van der Waals surface area contributed by atoms with Gasteiger partial charge in [0.15, 0.2) is 11.5 Å². The molecule has 11 heteroatoms. The van der Waals surface area contributed by atoms with E-state index >= 15 is 0 Å². The Hall–Kier alpha value is -3.50. The fourth-order valence-electron chi connectivity index (χ4n) is 4.02. The second-order valence-electron chi connectivity index (χ2n) is 7.98. The molecule has 1 aromatic heterocycles. The molecule has 1 aliphatic heterocycles. The van der Waals surface area contributed by atoms with Gasteiger partial charge in [0.05, 0.1) is 18.7 Å². The number of hydrogen-bond donors (Lipinski definition) is 3. The zero-order chi connectivity index (χ0) is 24.0.